The maximum absolute atomic E-state index is 9.58. The second kappa shape index (κ2) is 5.17. The number of aliphatic hydroxyl groups is 1. The minimum Gasteiger partial charge on any atom is -0.404 e. The quantitative estimate of drug-likeness (QED) is 0.775. The first kappa shape index (κ1) is 14.2. The summed E-state index contributed by atoms with van der Waals surface area (Å²) in [5.41, 5.74) is 0. The summed E-state index contributed by atoms with van der Waals surface area (Å²) in [6.07, 6.45) is 1.87. The molecule has 1 rings (SSSR count). The Morgan fingerprint density at radius 3 is 2.50 bits per heavy atom. The highest BCUT2D eigenvalue weighted by atomic mass is 28.4. The lowest BCUT2D eigenvalue weighted by Gasteiger charge is -2.39. The molecule has 0 amide bonds. The Balaban J connectivity index is 2.39. The molecule has 96 valence electrons. The third kappa shape index (κ3) is 3.84. The molecule has 1 heterocycles. The predicted octanol–water partition coefficient (Wildman–Crippen LogP) is 2.42. The van der Waals surface area contributed by atoms with Crippen molar-refractivity contribution in [3.8, 4) is 0 Å². The van der Waals surface area contributed by atoms with E-state index in [1.165, 1.54) is 0 Å². The van der Waals surface area contributed by atoms with Crippen LogP contribution in [0.4, 0.5) is 0 Å². The van der Waals surface area contributed by atoms with Gasteiger partial charge in [-0.3, -0.25) is 4.90 Å². The van der Waals surface area contributed by atoms with E-state index in [2.05, 4.69) is 38.8 Å². The van der Waals surface area contributed by atoms with Crippen LogP contribution in [0, 0.1) is 0 Å². The molecule has 0 aromatic heterocycles. The number of rotatable bonds is 3. The third-order valence-electron chi connectivity index (χ3n) is 3.89. The average molecular weight is 245 g/mol. The molecule has 1 aliphatic rings. The van der Waals surface area contributed by atoms with Crippen molar-refractivity contribution in [3.63, 3.8) is 0 Å². The van der Waals surface area contributed by atoms with Gasteiger partial charge in [-0.25, -0.2) is 0 Å². The Kier molecular flexibility index (Phi) is 4.57. The molecule has 0 aromatic rings. The monoisotopic (exact) mass is 245 g/mol. The van der Waals surface area contributed by atoms with Crippen LogP contribution in [0.1, 0.15) is 33.6 Å². The zero-order valence-electron chi connectivity index (χ0n) is 11.4. The lowest BCUT2D eigenvalue weighted by molar-refractivity contribution is 0.0249. The normalized spacial score (nSPS) is 24.8. The van der Waals surface area contributed by atoms with Gasteiger partial charge in [0.1, 0.15) is 0 Å². The molecule has 0 saturated carbocycles. The summed E-state index contributed by atoms with van der Waals surface area (Å²) in [4.78, 5) is 2.23. The lowest BCUT2D eigenvalue weighted by atomic mass is 10.1. The van der Waals surface area contributed by atoms with Crippen molar-refractivity contribution >= 4 is 8.32 Å². The van der Waals surface area contributed by atoms with Crippen LogP contribution in [0.5, 0.6) is 0 Å². The summed E-state index contributed by atoms with van der Waals surface area (Å²) in [6.45, 7) is 13.8. The van der Waals surface area contributed by atoms with Crippen molar-refractivity contribution in [2.75, 3.05) is 19.8 Å². The molecule has 0 spiro atoms. The van der Waals surface area contributed by atoms with E-state index in [0.29, 0.717) is 6.73 Å². The average Bonchev–Trinajstić information content (AvgIpc) is 2.13. The minimum atomic E-state index is -1.63. The molecule has 1 atom stereocenters. The molecule has 1 fully saturated rings. The van der Waals surface area contributed by atoms with Gasteiger partial charge in [-0.05, 0) is 31.0 Å². The molecule has 1 N–H and O–H groups in total. The van der Waals surface area contributed by atoms with Crippen LogP contribution >= 0.6 is 0 Å². The number of nitrogens with zero attached hydrogens (tertiary/aromatic N) is 1. The molecule has 1 aliphatic heterocycles. The van der Waals surface area contributed by atoms with E-state index < -0.39 is 8.32 Å². The van der Waals surface area contributed by atoms with E-state index in [0.717, 1.165) is 25.9 Å². The fourth-order valence-corrected chi connectivity index (χ4v) is 2.56. The van der Waals surface area contributed by atoms with Crippen LogP contribution in [0.15, 0.2) is 0 Å². The molecule has 3 nitrogen and oxygen atoms in total. The predicted molar refractivity (Wildman–Crippen MR) is 70.0 cm³/mol. The SMILES string of the molecule is CC(C)(C)[Si](C)(C)OCN1CCCC(O)C1. The van der Waals surface area contributed by atoms with Crippen molar-refractivity contribution < 1.29 is 9.53 Å². The number of hydrogen-bond donors (Lipinski definition) is 1. The van der Waals surface area contributed by atoms with Crippen molar-refractivity contribution in [2.45, 2.75) is 57.8 Å². The summed E-state index contributed by atoms with van der Waals surface area (Å²) in [7, 11) is -1.63. The standard InChI is InChI=1S/C12H27NO2Si/c1-12(2,3)16(4,5)15-10-13-8-6-7-11(14)9-13/h11,14H,6-10H2,1-5H3. The topological polar surface area (TPSA) is 32.7 Å². The zero-order chi connectivity index (χ0) is 12.4. The minimum absolute atomic E-state index is 0.156. The summed E-state index contributed by atoms with van der Waals surface area (Å²) in [6, 6.07) is 0. The number of likely N-dealkylation sites (tertiary alicyclic amines) is 1. The molecule has 0 radical (unpaired) electrons. The molecule has 1 saturated heterocycles. The van der Waals surface area contributed by atoms with Crippen LogP contribution in [0.25, 0.3) is 0 Å². The lowest BCUT2D eigenvalue weighted by Crippen LogP contribution is -2.47. The largest absolute Gasteiger partial charge is 0.404 e. The Hall–Kier alpha value is 0.0969. The summed E-state index contributed by atoms with van der Waals surface area (Å²) in [5.74, 6) is 0. The first-order valence-electron chi connectivity index (χ1n) is 6.27. The van der Waals surface area contributed by atoms with Gasteiger partial charge in [-0.2, -0.15) is 0 Å². The zero-order valence-corrected chi connectivity index (χ0v) is 12.4. The van der Waals surface area contributed by atoms with E-state index in [-0.39, 0.29) is 11.1 Å². The van der Waals surface area contributed by atoms with Crippen molar-refractivity contribution in [3.05, 3.63) is 0 Å². The van der Waals surface area contributed by atoms with Gasteiger partial charge in [0.2, 0.25) is 0 Å². The summed E-state index contributed by atoms with van der Waals surface area (Å²) >= 11 is 0. The van der Waals surface area contributed by atoms with Gasteiger partial charge in [0.15, 0.2) is 8.32 Å². The van der Waals surface area contributed by atoms with Crippen molar-refractivity contribution in [1.82, 2.24) is 4.90 Å². The summed E-state index contributed by atoms with van der Waals surface area (Å²) in [5, 5.41) is 9.85. The van der Waals surface area contributed by atoms with Crippen molar-refractivity contribution in [2.24, 2.45) is 0 Å². The Morgan fingerprint density at radius 2 is 2.00 bits per heavy atom. The second-order valence-electron chi connectivity index (χ2n) is 6.41. The maximum Gasteiger partial charge on any atom is 0.193 e. The van der Waals surface area contributed by atoms with Crippen LogP contribution in [-0.2, 0) is 4.43 Å². The van der Waals surface area contributed by atoms with Crippen LogP contribution in [-0.4, -0.2) is 44.2 Å². The van der Waals surface area contributed by atoms with Gasteiger partial charge in [-0.1, -0.05) is 20.8 Å². The molecule has 4 heteroatoms. The highest BCUT2D eigenvalue weighted by molar-refractivity contribution is 6.74. The molecule has 1 unspecified atom stereocenters. The number of hydrogen-bond acceptors (Lipinski definition) is 3. The smallest absolute Gasteiger partial charge is 0.193 e. The van der Waals surface area contributed by atoms with Crippen LogP contribution in [0.2, 0.25) is 18.1 Å². The van der Waals surface area contributed by atoms with Crippen LogP contribution < -0.4 is 0 Å². The Labute approximate surface area is 101 Å². The van der Waals surface area contributed by atoms with E-state index in [4.69, 9.17) is 4.43 Å². The molecule has 0 bridgehead atoms. The molecule has 0 aliphatic carbocycles. The Bertz CT molecular complexity index is 226. The number of piperidine rings is 1. The molecular formula is C12H27NO2Si. The third-order valence-corrected chi connectivity index (χ3v) is 8.36. The van der Waals surface area contributed by atoms with Crippen LogP contribution in [0.3, 0.4) is 0 Å². The first-order valence-corrected chi connectivity index (χ1v) is 9.17. The van der Waals surface area contributed by atoms with Crippen molar-refractivity contribution in [1.29, 1.82) is 0 Å². The van der Waals surface area contributed by atoms with Gasteiger partial charge in [0.05, 0.1) is 12.8 Å². The maximum atomic E-state index is 9.58. The molecule has 16 heavy (non-hydrogen) atoms. The van der Waals surface area contributed by atoms with E-state index in [1.54, 1.807) is 0 Å². The van der Waals surface area contributed by atoms with E-state index in [1.807, 2.05) is 0 Å². The summed E-state index contributed by atoms with van der Waals surface area (Å²) < 4.78 is 6.14. The number of aliphatic hydroxyl groups excluding tert-OH is 1. The highest BCUT2D eigenvalue weighted by Crippen LogP contribution is 2.36. The fourth-order valence-electron chi connectivity index (χ4n) is 1.62. The number of β-amino-alcohol motifs (C(OH)–C–C–N with tert-alkyl or cyclic N) is 1. The first-order chi connectivity index (χ1) is 7.22. The second-order valence-corrected chi connectivity index (χ2v) is 11.2. The molecule has 0 aromatic carbocycles. The van der Waals surface area contributed by atoms with Gasteiger partial charge in [0, 0.05) is 13.1 Å². The molecular weight excluding hydrogens is 218 g/mol. The fraction of sp³-hybridized carbons (Fsp3) is 1.00. The van der Waals surface area contributed by atoms with Gasteiger partial charge < -0.3 is 9.53 Å². The van der Waals surface area contributed by atoms with Gasteiger partial charge >= 0.3 is 0 Å². The Morgan fingerprint density at radius 1 is 1.38 bits per heavy atom. The van der Waals surface area contributed by atoms with E-state index >= 15 is 0 Å². The van der Waals surface area contributed by atoms with Gasteiger partial charge in [-0.15, -0.1) is 0 Å². The van der Waals surface area contributed by atoms with Gasteiger partial charge in [0.25, 0.3) is 0 Å². The highest BCUT2D eigenvalue weighted by Gasteiger charge is 2.37. The van der Waals surface area contributed by atoms with E-state index in [9.17, 15) is 5.11 Å².